The van der Waals surface area contributed by atoms with E-state index in [2.05, 4.69) is 25.2 Å². The zero-order valence-electron chi connectivity index (χ0n) is 8.97. The molecule has 17 heavy (non-hydrogen) atoms. The van der Waals surface area contributed by atoms with E-state index in [0.717, 1.165) is 11.0 Å². The van der Waals surface area contributed by atoms with Crippen molar-refractivity contribution in [1.82, 2.24) is 9.97 Å². The monoisotopic (exact) mass is 234 g/mol. The predicted molar refractivity (Wildman–Crippen MR) is 61.1 cm³/mol. The molecule has 0 atom stereocenters. The summed E-state index contributed by atoms with van der Waals surface area (Å²) in [7, 11) is 0. The highest BCUT2D eigenvalue weighted by Gasteiger charge is 2.08. The Hall–Kier alpha value is -2.57. The lowest BCUT2D eigenvalue weighted by Crippen LogP contribution is -2.17. The predicted octanol–water partition coefficient (Wildman–Crippen LogP) is 1.92. The molecule has 0 unspecified atom stereocenters. The number of nitrogens with zero attached hydrogens (tertiary/aromatic N) is 2. The number of fused-ring (bicyclic) bond motifs is 1. The number of carbonyl (C=O) groups excluding carboxylic acids is 1. The van der Waals surface area contributed by atoms with Crippen LogP contribution in [0.4, 0.5) is 10.7 Å². The molecular weight excluding hydrogens is 224 g/mol. The van der Waals surface area contributed by atoms with Crippen LogP contribution in [0.1, 0.15) is 6.92 Å². The topological polar surface area (TPSA) is 99.6 Å². The molecule has 0 saturated heterocycles. The fourth-order valence-corrected chi connectivity index (χ4v) is 1.29. The fraction of sp³-hybridized carbons (Fsp3) is 0.100. The lowest BCUT2D eigenvalue weighted by Gasteiger charge is -2.01. The fourth-order valence-electron chi connectivity index (χ4n) is 1.29. The maximum Gasteiger partial charge on any atom is 0.420 e. The van der Waals surface area contributed by atoms with Crippen LogP contribution in [0, 0.1) is 0 Å². The van der Waals surface area contributed by atoms with E-state index < -0.39 is 6.09 Å². The van der Waals surface area contributed by atoms with Gasteiger partial charge in [0.25, 0.3) is 0 Å². The van der Waals surface area contributed by atoms with Gasteiger partial charge in [-0.25, -0.2) is 9.78 Å². The first-order valence-corrected chi connectivity index (χ1v) is 4.81. The second-order valence-corrected chi connectivity index (χ2v) is 3.24. The molecule has 3 N–H and O–H groups in total. The highest BCUT2D eigenvalue weighted by Crippen LogP contribution is 2.13. The minimum atomic E-state index is -0.778. The van der Waals surface area contributed by atoms with Gasteiger partial charge in [0.15, 0.2) is 0 Å². The highest BCUT2D eigenvalue weighted by atomic mass is 16.6. The summed E-state index contributed by atoms with van der Waals surface area (Å²) in [4.78, 5) is 18.3. The van der Waals surface area contributed by atoms with Gasteiger partial charge in [-0.2, -0.15) is 0 Å². The van der Waals surface area contributed by atoms with E-state index in [0.29, 0.717) is 0 Å². The summed E-state index contributed by atoms with van der Waals surface area (Å²) in [5.74, 6) is 0.112. The standard InChI is InChI=1S/C10H10N4O3/c1-6(14-16)17-10(15)13-9-11-7-4-2-3-5-8(7)12-9/h2-5,16H,1H3,(H2,11,12,13,15). The van der Waals surface area contributed by atoms with Crippen LogP contribution in [0.25, 0.3) is 11.0 Å². The van der Waals surface area contributed by atoms with Crippen LogP contribution < -0.4 is 5.32 Å². The van der Waals surface area contributed by atoms with Gasteiger partial charge in [-0.15, -0.1) is 0 Å². The van der Waals surface area contributed by atoms with Gasteiger partial charge < -0.3 is 14.9 Å². The van der Waals surface area contributed by atoms with Gasteiger partial charge in [0.2, 0.25) is 11.8 Å². The molecule has 2 aromatic rings. The Labute approximate surface area is 96.1 Å². The minimum absolute atomic E-state index is 0.154. The smallest absolute Gasteiger partial charge is 0.408 e. The SMILES string of the molecule is CC(=NO)OC(=O)Nc1nc2ccccc2[nH]1. The molecule has 1 heterocycles. The van der Waals surface area contributed by atoms with Gasteiger partial charge in [0.05, 0.1) is 11.0 Å². The average Bonchev–Trinajstić information content (AvgIpc) is 2.70. The lowest BCUT2D eigenvalue weighted by molar-refractivity contribution is 0.206. The van der Waals surface area contributed by atoms with Crippen LogP contribution in [0.15, 0.2) is 29.4 Å². The Morgan fingerprint density at radius 2 is 2.29 bits per heavy atom. The van der Waals surface area contributed by atoms with E-state index in [1.807, 2.05) is 24.3 Å². The second kappa shape index (κ2) is 4.52. The molecule has 0 aliphatic carbocycles. The molecule has 0 radical (unpaired) electrons. The van der Waals surface area contributed by atoms with Crippen LogP contribution in [-0.2, 0) is 4.74 Å². The molecule has 2 rings (SSSR count). The number of amides is 1. The highest BCUT2D eigenvalue weighted by molar-refractivity contribution is 5.93. The second-order valence-electron chi connectivity index (χ2n) is 3.24. The number of anilines is 1. The first-order valence-electron chi connectivity index (χ1n) is 4.81. The number of benzene rings is 1. The van der Waals surface area contributed by atoms with Crippen molar-refractivity contribution in [2.45, 2.75) is 6.92 Å². The third-order valence-electron chi connectivity index (χ3n) is 1.99. The molecule has 1 aromatic heterocycles. The number of aromatic amines is 1. The van der Waals surface area contributed by atoms with E-state index >= 15 is 0 Å². The number of oxime groups is 1. The Kier molecular flexibility index (Phi) is 2.91. The normalized spacial score (nSPS) is 11.5. The molecule has 1 amide bonds. The molecule has 0 aliphatic rings. The Balaban J connectivity index is 2.11. The molecule has 0 saturated carbocycles. The molecule has 0 bridgehead atoms. The van der Waals surface area contributed by atoms with E-state index in [9.17, 15) is 4.79 Å². The molecule has 1 aromatic carbocycles. The molecule has 7 nitrogen and oxygen atoms in total. The first-order chi connectivity index (χ1) is 8.19. The number of rotatable bonds is 1. The van der Waals surface area contributed by atoms with Crippen molar-refractivity contribution in [2.75, 3.05) is 5.32 Å². The molecular formula is C10H10N4O3. The van der Waals surface area contributed by atoms with Crippen LogP contribution in [0.3, 0.4) is 0 Å². The Morgan fingerprint density at radius 3 is 3.00 bits per heavy atom. The summed E-state index contributed by atoms with van der Waals surface area (Å²) < 4.78 is 4.59. The van der Waals surface area contributed by atoms with Crippen molar-refractivity contribution >= 4 is 29.0 Å². The minimum Gasteiger partial charge on any atom is -0.408 e. The zero-order valence-corrected chi connectivity index (χ0v) is 8.97. The van der Waals surface area contributed by atoms with Gasteiger partial charge in [-0.3, -0.25) is 5.32 Å². The van der Waals surface area contributed by atoms with Crippen LogP contribution in [0.2, 0.25) is 0 Å². The molecule has 7 heteroatoms. The van der Waals surface area contributed by atoms with Gasteiger partial charge in [-0.1, -0.05) is 17.3 Å². The van der Waals surface area contributed by atoms with Gasteiger partial charge >= 0.3 is 6.09 Å². The van der Waals surface area contributed by atoms with E-state index in [-0.39, 0.29) is 11.8 Å². The summed E-state index contributed by atoms with van der Waals surface area (Å²) in [6.07, 6.45) is -0.778. The third-order valence-corrected chi connectivity index (χ3v) is 1.99. The van der Waals surface area contributed by atoms with Crippen LogP contribution in [-0.4, -0.2) is 27.2 Å². The molecule has 0 spiro atoms. The van der Waals surface area contributed by atoms with Crippen molar-refractivity contribution in [3.05, 3.63) is 24.3 Å². The molecule has 88 valence electrons. The van der Waals surface area contributed by atoms with Crippen molar-refractivity contribution in [1.29, 1.82) is 0 Å². The number of hydrogen-bond acceptors (Lipinski definition) is 5. The number of hydrogen-bond donors (Lipinski definition) is 3. The largest absolute Gasteiger partial charge is 0.420 e. The Morgan fingerprint density at radius 1 is 1.53 bits per heavy atom. The summed E-state index contributed by atoms with van der Waals surface area (Å²) >= 11 is 0. The zero-order chi connectivity index (χ0) is 12.3. The molecule has 0 aliphatic heterocycles. The van der Waals surface area contributed by atoms with Crippen molar-refractivity contribution in [3.8, 4) is 0 Å². The van der Waals surface area contributed by atoms with E-state index in [4.69, 9.17) is 5.21 Å². The van der Waals surface area contributed by atoms with Crippen LogP contribution in [0.5, 0.6) is 0 Å². The number of imidazole rings is 1. The summed E-state index contributed by atoms with van der Waals surface area (Å²) in [6, 6.07) is 7.33. The van der Waals surface area contributed by atoms with Gasteiger partial charge in [-0.05, 0) is 12.1 Å². The van der Waals surface area contributed by atoms with E-state index in [1.165, 1.54) is 6.92 Å². The summed E-state index contributed by atoms with van der Waals surface area (Å²) in [5, 5.41) is 13.4. The van der Waals surface area contributed by atoms with Gasteiger partial charge in [0, 0.05) is 6.92 Å². The number of para-hydroxylation sites is 2. The van der Waals surface area contributed by atoms with Gasteiger partial charge in [0.1, 0.15) is 0 Å². The average molecular weight is 234 g/mol. The van der Waals surface area contributed by atoms with Crippen molar-refractivity contribution in [3.63, 3.8) is 0 Å². The first kappa shape index (κ1) is 10.9. The third kappa shape index (κ3) is 2.51. The number of nitrogens with one attached hydrogen (secondary N) is 2. The number of carbonyl (C=O) groups is 1. The van der Waals surface area contributed by atoms with Crippen molar-refractivity contribution < 1.29 is 14.7 Å². The number of ether oxygens (including phenoxy) is 1. The maximum atomic E-state index is 11.3. The summed E-state index contributed by atoms with van der Waals surface area (Å²) in [6.45, 7) is 1.35. The summed E-state index contributed by atoms with van der Waals surface area (Å²) in [5.41, 5.74) is 1.53. The lowest BCUT2D eigenvalue weighted by atomic mass is 10.3. The number of aromatic nitrogens is 2. The van der Waals surface area contributed by atoms with Crippen LogP contribution >= 0.6 is 0 Å². The quantitative estimate of drug-likeness (QED) is 0.304. The molecule has 0 fully saturated rings. The van der Waals surface area contributed by atoms with E-state index in [1.54, 1.807) is 0 Å². The Bertz CT molecular complexity index is 543. The number of H-pyrrole nitrogens is 1. The van der Waals surface area contributed by atoms with Crippen molar-refractivity contribution in [2.24, 2.45) is 5.16 Å². The maximum absolute atomic E-state index is 11.3.